The Morgan fingerprint density at radius 1 is 0.903 bits per heavy atom. The Bertz CT molecular complexity index is 732. The molecule has 0 bridgehead atoms. The Morgan fingerprint density at radius 3 is 2.32 bits per heavy atom. The Morgan fingerprint density at radius 2 is 1.65 bits per heavy atom. The van der Waals surface area contributed by atoms with Crippen LogP contribution in [0.3, 0.4) is 0 Å². The number of hydrogen-bond acceptors (Lipinski definition) is 2. The van der Waals surface area contributed by atoms with E-state index >= 15 is 0 Å². The lowest BCUT2D eigenvalue weighted by Crippen LogP contribution is -2.52. The monoisotopic (exact) mass is 444 g/mol. The Kier molecular flexibility index (Phi) is 5.44. The zero-order valence-corrected chi connectivity index (χ0v) is 22.4. The normalized spacial score (nSPS) is 45.5. The molecule has 4 fully saturated rings. The van der Waals surface area contributed by atoms with Crippen LogP contribution in [0.1, 0.15) is 98.8 Å². The molecule has 31 heavy (non-hydrogen) atoms. The molecule has 0 aromatic carbocycles. The van der Waals surface area contributed by atoms with Crippen molar-refractivity contribution in [2.75, 3.05) is 0 Å². The van der Waals surface area contributed by atoms with Crippen LogP contribution >= 0.6 is 0 Å². The maximum atomic E-state index is 6.90. The SMILES string of the molecule is CC(C)(C)[Si](C)(C)O[C@H]1CC[C@@]2(C)C(=CC[C@H]3[C@@H]4CC[C@H](OC5CC5)[C@@]4(C)CC[C@@H]32)C1. The molecule has 0 heterocycles. The van der Waals surface area contributed by atoms with Crippen molar-refractivity contribution in [2.24, 2.45) is 28.6 Å². The predicted octanol–water partition coefficient (Wildman–Crippen LogP) is 7.89. The van der Waals surface area contributed by atoms with Crippen LogP contribution in [-0.4, -0.2) is 26.6 Å². The fourth-order valence-electron chi connectivity index (χ4n) is 7.93. The molecule has 0 aromatic heterocycles. The summed E-state index contributed by atoms with van der Waals surface area (Å²) in [5, 5.41) is 0.301. The lowest BCUT2D eigenvalue weighted by atomic mass is 9.48. The van der Waals surface area contributed by atoms with Crippen LogP contribution in [0, 0.1) is 28.6 Å². The summed E-state index contributed by atoms with van der Waals surface area (Å²) in [6.45, 7) is 17.2. The second-order valence-electron chi connectivity index (χ2n) is 13.9. The fourth-order valence-corrected chi connectivity index (χ4v) is 9.32. The van der Waals surface area contributed by atoms with E-state index in [2.05, 4.69) is 53.8 Å². The van der Waals surface area contributed by atoms with Crippen molar-refractivity contribution >= 4 is 8.32 Å². The van der Waals surface area contributed by atoms with Crippen LogP contribution in [0.4, 0.5) is 0 Å². The molecule has 5 aliphatic carbocycles. The average molecular weight is 445 g/mol. The molecule has 0 radical (unpaired) electrons. The van der Waals surface area contributed by atoms with Gasteiger partial charge in [-0.3, -0.25) is 0 Å². The lowest BCUT2D eigenvalue weighted by Gasteiger charge is -2.58. The molecule has 5 aliphatic rings. The van der Waals surface area contributed by atoms with Gasteiger partial charge in [-0.25, -0.2) is 0 Å². The summed E-state index contributed by atoms with van der Waals surface area (Å²) in [5.41, 5.74) is 2.62. The molecule has 0 saturated heterocycles. The molecule has 0 unspecified atom stereocenters. The highest BCUT2D eigenvalue weighted by Gasteiger charge is 2.59. The summed E-state index contributed by atoms with van der Waals surface area (Å²) >= 11 is 0. The molecule has 7 atom stereocenters. The van der Waals surface area contributed by atoms with Crippen LogP contribution in [0.2, 0.25) is 18.1 Å². The minimum Gasteiger partial charge on any atom is -0.414 e. The third kappa shape index (κ3) is 3.73. The number of fused-ring (bicyclic) bond motifs is 5. The third-order valence-corrected chi connectivity index (χ3v) is 15.7. The Labute approximate surface area is 193 Å². The van der Waals surface area contributed by atoms with E-state index in [4.69, 9.17) is 9.16 Å². The largest absolute Gasteiger partial charge is 0.414 e. The molecule has 0 aromatic rings. The lowest BCUT2D eigenvalue weighted by molar-refractivity contribution is -0.0972. The maximum Gasteiger partial charge on any atom is 0.192 e. The highest BCUT2D eigenvalue weighted by molar-refractivity contribution is 6.74. The summed E-state index contributed by atoms with van der Waals surface area (Å²) in [5.74, 6) is 2.66. The van der Waals surface area contributed by atoms with Crippen molar-refractivity contribution in [1.29, 1.82) is 0 Å². The van der Waals surface area contributed by atoms with Crippen molar-refractivity contribution in [3.8, 4) is 0 Å². The molecule has 2 nitrogen and oxygen atoms in total. The molecule has 3 heteroatoms. The van der Waals surface area contributed by atoms with Crippen LogP contribution in [0.15, 0.2) is 11.6 Å². The van der Waals surface area contributed by atoms with Crippen LogP contribution in [-0.2, 0) is 9.16 Å². The molecule has 0 N–H and O–H groups in total. The van der Waals surface area contributed by atoms with Crippen molar-refractivity contribution < 1.29 is 9.16 Å². The van der Waals surface area contributed by atoms with E-state index in [0.717, 1.165) is 17.8 Å². The minimum absolute atomic E-state index is 0.301. The summed E-state index contributed by atoms with van der Waals surface area (Å²) in [6, 6.07) is 0. The molecular weight excluding hydrogens is 396 g/mol. The molecule has 0 aliphatic heterocycles. The van der Waals surface area contributed by atoms with Gasteiger partial charge < -0.3 is 9.16 Å². The maximum absolute atomic E-state index is 6.90. The summed E-state index contributed by atoms with van der Waals surface area (Å²) < 4.78 is 13.5. The topological polar surface area (TPSA) is 18.5 Å². The molecule has 4 saturated carbocycles. The number of allylic oxidation sites excluding steroid dienone is 1. The van der Waals surface area contributed by atoms with Crippen molar-refractivity contribution in [3.63, 3.8) is 0 Å². The fraction of sp³-hybridized carbons (Fsp3) is 0.929. The molecule has 5 rings (SSSR count). The van der Waals surface area contributed by atoms with Gasteiger partial charge in [0.2, 0.25) is 0 Å². The van der Waals surface area contributed by atoms with Crippen molar-refractivity contribution in [1.82, 2.24) is 0 Å². The van der Waals surface area contributed by atoms with Gasteiger partial charge in [0.25, 0.3) is 0 Å². The standard InChI is InChI=1S/C28H48O2Si/c1-26(2,3)31(6,7)30-21-14-16-27(4)19(18-21)8-11-22-23-12-13-25(29-20-9-10-20)28(23,5)17-15-24(22)27/h8,20-25H,9-18H2,1-7H3/t21-,22-,23-,24-,25-,27-,28-/m0/s1. The predicted molar refractivity (Wildman–Crippen MR) is 132 cm³/mol. The number of rotatable bonds is 4. The molecule has 176 valence electrons. The number of ether oxygens (including phenoxy) is 1. The van der Waals surface area contributed by atoms with E-state index in [0.29, 0.717) is 34.2 Å². The summed E-state index contributed by atoms with van der Waals surface area (Å²) in [4.78, 5) is 0. The minimum atomic E-state index is -1.69. The second-order valence-corrected chi connectivity index (χ2v) is 18.7. The van der Waals surface area contributed by atoms with Gasteiger partial charge in [-0.1, -0.05) is 46.3 Å². The number of hydrogen-bond donors (Lipinski definition) is 0. The summed E-state index contributed by atoms with van der Waals surface area (Å²) in [7, 11) is -1.69. The first-order chi connectivity index (χ1) is 14.4. The quantitative estimate of drug-likeness (QED) is 0.324. The van der Waals surface area contributed by atoms with Crippen LogP contribution in [0.5, 0.6) is 0 Å². The van der Waals surface area contributed by atoms with Gasteiger partial charge in [0.05, 0.1) is 12.2 Å². The Balaban J connectivity index is 1.32. The molecular formula is C28H48O2Si. The highest BCUT2D eigenvalue weighted by Crippen LogP contribution is 2.65. The molecule has 0 spiro atoms. The van der Waals surface area contributed by atoms with Gasteiger partial charge in [-0.2, -0.15) is 0 Å². The first-order valence-corrected chi connectivity index (χ1v) is 16.4. The van der Waals surface area contributed by atoms with Gasteiger partial charge in [0, 0.05) is 6.10 Å². The average Bonchev–Trinajstić information content (AvgIpc) is 3.43. The van der Waals surface area contributed by atoms with Gasteiger partial charge >= 0.3 is 0 Å². The van der Waals surface area contributed by atoms with Gasteiger partial charge in [0.15, 0.2) is 8.32 Å². The summed E-state index contributed by atoms with van der Waals surface area (Å²) in [6.07, 6.45) is 17.6. The smallest absolute Gasteiger partial charge is 0.192 e. The third-order valence-electron chi connectivity index (χ3n) is 11.1. The van der Waals surface area contributed by atoms with E-state index in [1.54, 1.807) is 5.57 Å². The van der Waals surface area contributed by atoms with Crippen molar-refractivity contribution in [3.05, 3.63) is 11.6 Å². The highest BCUT2D eigenvalue weighted by atomic mass is 28.4. The first-order valence-electron chi connectivity index (χ1n) is 13.5. The van der Waals surface area contributed by atoms with E-state index < -0.39 is 8.32 Å². The van der Waals surface area contributed by atoms with Crippen LogP contribution in [0.25, 0.3) is 0 Å². The van der Waals surface area contributed by atoms with Crippen LogP contribution < -0.4 is 0 Å². The first kappa shape index (κ1) is 22.7. The second kappa shape index (κ2) is 7.44. The molecule has 0 amide bonds. The van der Waals surface area contributed by atoms with E-state index in [-0.39, 0.29) is 0 Å². The zero-order valence-electron chi connectivity index (χ0n) is 21.4. The van der Waals surface area contributed by atoms with Crippen molar-refractivity contribution in [2.45, 2.75) is 135 Å². The zero-order chi connectivity index (χ0) is 22.2. The van der Waals surface area contributed by atoms with E-state index in [1.165, 1.54) is 64.2 Å². The van der Waals surface area contributed by atoms with Gasteiger partial charge in [-0.05, 0) is 111 Å². The van der Waals surface area contributed by atoms with Gasteiger partial charge in [-0.15, -0.1) is 0 Å². The van der Waals surface area contributed by atoms with E-state index in [9.17, 15) is 0 Å². The van der Waals surface area contributed by atoms with E-state index in [1.807, 2.05) is 0 Å². The van der Waals surface area contributed by atoms with Gasteiger partial charge in [0.1, 0.15) is 0 Å². The Hall–Kier alpha value is -0.123.